The third-order valence-electron chi connectivity index (χ3n) is 5.93. The van der Waals surface area contributed by atoms with E-state index in [1.807, 2.05) is 28.5 Å². The standard InChI is InChI=1S/C21H31FN4O2/c1-3-23(4-2)21(28)26-11-9-17(10-12-26)20(27)25-15-13-24(14-16-25)19-7-5-18(22)6-8-19/h5-8,17H,3-4,9-16H2,1-2H3. The van der Waals surface area contributed by atoms with Crippen LogP contribution >= 0.6 is 0 Å². The molecule has 0 spiro atoms. The summed E-state index contributed by atoms with van der Waals surface area (Å²) in [6.45, 7) is 9.62. The van der Waals surface area contributed by atoms with E-state index in [1.165, 1.54) is 12.1 Å². The first kappa shape index (κ1) is 20.4. The highest BCUT2D eigenvalue weighted by Crippen LogP contribution is 2.23. The lowest BCUT2D eigenvalue weighted by Crippen LogP contribution is -2.53. The van der Waals surface area contributed by atoms with Gasteiger partial charge in [0.1, 0.15) is 5.82 Å². The summed E-state index contributed by atoms with van der Waals surface area (Å²) in [5, 5.41) is 0. The van der Waals surface area contributed by atoms with Gasteiger partial charge in [-0.25, -0.2) is 9.18 Å². The van der Waals surface area contributed by atoms with Gasteiger partial charge < -0.3 is 19.6 Å². The molecule has 3 rings (SSSR count). The molecule has 0 bridgehead atoms. The van der Waals surface area contributed by atoms with Crippen LogP contribution in [0.3, 0.4) is 0 Å². The molecule has 1 aromatic carbocycles. The third-order valence-corrected chi connectivity index (χ3v) is 5.93. The molecule has 0 saturated carbocycles. The number of halogens is 1. The number of rotatable bonds is 4. The molecule has 0 unspecified atom stereocenters. The SMILES string of the molecule is CCN(CC)C(=O)N1CCC(C(=O)N2CCN(c3ccc(F)cc3)CC2)CC1. The highest BCUT2D eigenvalue weighted by molar-refractivity contribution is 5.80. The summed E-state index contributed by atoms with van der Waals surface area (Å²) in [6, 6.07) is 6.61. The van der Waals surface area contributed by atoms with Crippen LogP contribution < -0.4 is 4.90 Å². The normalized spacial score (nSPS) is 18.3. The summed E-state index contributed by atoms with van der Waals surface area (Å²) in [6.07, 6.45) is 1.48. The third kappa shape index (κ3) is 4.56. The zero-order valence-corrected chi connectivity index (χ0v) is 16.9. The van der Waals surface area contributed by atoms with Gasteiger partial charge in [-0.3, -0.25) is 4.79 Å². The Kier molecular flexibility index (Phi) is 6.75. The second kappa shape index (κ2) is 9.26. The van der Waals surface area contributed by atoms with Crippen molar-refractivity contribution in [3.8, 4) is 0 Å². The molecule has 0 N–H and O–H groups in total. The monoisotopic (exact) mass is 390 g/mol. The predicted molar refractivity (Wildman–Crippen MR) is 108 cm³/mol. The summed E-state index contributed by atoms with van der Waals surface area (Å²) in [7, 11) is 0. The van der Waals surface area contributed by atoms with Crippen molar-refractivity contribution in [2.24, 2.45) is 5.92 Å². The number of hydrogen-bond acceptors (Lipinski definition) is 3. The van der Waals surface area contributed by atoms with Crippen molar-refractivity contribution in [1.82, 2.24) is 14.7 Å². The average molecular weight is 391 g/mol. The van der Waals surface area contributed by atoms with E-state index in [2.05, 4.69) is 4.90 Å². The maximum absolute atomic E-state index is 13.1. The lowest BCUT2D eigenvalue weighted by molar-refractivity contribution is -0.137. The summed E-state index contributed by atoms with van der Waals surface area (Å²) in [5.74, 6) is -0.00444. The quantitative estimate of drug-likeness (QED) is 0.794. The van der Waals surface area contributed by atoms with Crippen LogP contribution in [0.25, 0.3) is 0 Å². The average Bonchev–Trinajstić information content (AvgIpc) is 2.75. The molecule has 154 valence electrons. The van der Waals surface area contributed by atoms with Crippen LogP contribution in [-0.2, 0) is 4.79 Å². The second-order valence-electron chi connectivity index (χ2n) is 7.50. The molecule has 28 heavy (non-hydrogen) atoms. The number of urea groups is 1. The molecule has 2 fully saturated rings. The lowest BCUT2D eigenvalue weighted by atomic mass is 9.95. The van der Waals surface area contributed by atoms with Crippen molar-refractivity contribution >= 4 is 17.6 Å². The number of likely N-dealkylation sites (tertiary alicyclic amines) is 1. The molecule has 0 aliphatic carbocycles. The maximum atomic E-state index is 13.1. The Bertz CT molecular complexity index is 661. The Morgan fingerprint density at radius 3 is 2.04 bits per heavy atom. The summed E-state index contributed by atoms with van der Waals surface area (Å²) < 4.78 is 13.1. The first-order chi connectivity index (χ1) is 13.5. The van der Waals surface area contributed by atoms with Gasteiger partial charge in [-0.15, -0.1) is 0 Å². The zero-order valence-electron chi connectivity index (χ0n) is 16.9. The molecule has 0 aromatic heterocycles. The number of piperidine rings is 1. The predicted octanol–water partition coefficient (Wildman–Crippen LogP) is 2.65. The molecule has 6 nitrogen and oxygen atoms in total. The van der Waals surface area contributed by atoms with E-state index in [0.29, 0.717) is 39.3 Å². The van der Waals surface area contributed by atoms with Crippen LogP contribution in [0.1, 0.15) is 26.7 Å². The second-order valence-corrected chi connectivity index (χ2v) is 7.50. The molecule has 7 heteroatoms. The Labute approximate surface area is 166 Å². The molecule has 3 amide bonds. The Morgan fingerprint density at radius 2 is 1.50 bits per heavy atom. The fourth-order valence-corrected chi connectivity index (χ4v) is 4.11. The molecule has 1 aromatic rings. The molecule has 0 atom stereocenters. The lowest BCUT2D eigenvalue weighted by Gasteiger charge is -2.40. The van der Waals surface area contributed by atoms with Gasteiger partial charge in [0, 0.05) is 64.0 Å². The number of carbonyl (C=O) groups excluding carboxylic acids is 2. The van der Waals surface area contributed by atoms with E-state index in [1.54, 1.807) is 12.1 Å². The minimum absolute atomic E-state index is 0.0122. The van der Waals surface area contributed by atoms with Crippen molar-refractivity contribution in [2.75, 3.05) is 57.3 Å². The number of amides is 3. The van der Waals surface area contributed by atoms with Crippen LogP contribution in [0, 0.1) is 11.7 Å². The van der Waals surface area contributed by atoms with Crippen molar-refractivity contribution in [2.45, 2.75) is 26.7 Å². The van der Waals surface area contributed by atoms with Crippen molar-refractivity contribution in [1.29, 1.82) is 0 Å². The Morgan fingerprint density at radius 1 is 0.929 bits per heavy atom. The summed E-state index contributed by atoms with van der Waals surface area (Å²) >= 11 is 0. The maximum Gasteiger partial charge on any atom is 0.319 e. The van der Waals surface area contributed by atoms with Gasteiger partial charge in [0.05, 0.1) is 0 Å². The largest absolute Gasteiger partial charge is 0.368 e. The van der Waals surface area contributed by atoms with Crippen LogP contribution in [0.15, 0.2) is 24.3 Å². The Balaban J connectivity index is 1.47. The number of anilines is 1. The molecule has 2 aliphatic rings. The fraction of sp³-hybridized carbons (Fsp3) is 0.619. The van der Waals surface area contributed by atoms with Gasteiger partial charge >= 0.3 is 6.03 Å². The minimum Gasteiger partial charge on any atom is -0.368 e. The van der Waals surface area contributed by atoms with E-state index in [-0.39, 0.29) is 23.7 Å². The molecule has 2 saturated heterocycles. The molecular formula is C21H31FN4O2. The van der Waals surface area contributed by atoms with Gasteiger partial charge in [-0.2, -0.15) is 0 Å². The Hall–Kier alpha value is -2.31. The van der Waals surface area contributed by atoms with Gasteiger partial charge in [-0.1, -0.05) is 0 Å². The van der Waals surface area contributed by atoms with E-state index in [0.717, 1.165) is 31.6 Å². The minimum atomic E-state index is -0.233. The molecule has 2 aliphatic heterocycles. The van der Waals surface area contributed by atoms with Crippen LogP contribution in [-0.4, -0.2) is 79.0 Å². The first-order valence-corrected chi connectivity index (χ1v) is 10.4. The van der Waals surface area contributed by atoms with Gasteiger partial charge in [0.25, 0.3) is 0 Å². The van der Waals surface area contributed by atoms with Gasteiger partial charge in [-0.05, 0) is 51.0 Å². The highest BCUT2D eigenvalue weighted by Gasteiger charge is 2.32. The van der Waals surface area contributed by atoms with Crippen molar-refractivity contribution in [3.05, 3.63) is 30.1 Å². The smallest absolute Gasteiger partial charge is 0.319 e. The van der Waals surface area contributed by atoms with Gasteiger partial charge in [0.2, 0.25) is 5.91 Å². The number of benzene rings is 1. The topological polar surface area (TPSA) is 47.1 Å². The molecular weight excluding hydrogens is 359 g/mol. The molecule has 0 radical (unpaired) electrons. The van der Waals surface area contributed by atoms with E-state index in [4.69, 9.17) is 0 Å². The zero-order chi connectivity index (χ0) is 20.1. The first-order valence-electron chi connectivity index (χ1n) is 10.4. The summed E-state index contributed by atoms with van der Waals surface area (Å²) in [5.41, 5.74) is 0.997. The van der Waals surface area contributed by atoms with Crippen LogP contribution in [0.5, 0.6) is 0 Å². The number of hydrogen-bond donors (Lipinski definition) is 0. The highest BCUT2D eigenvalue weighted by atomic mass is 19.1. The number of piperazine rings is 1. The number of nitrogens with zero attached hydrogens (tertiary/aromatic N) is 4. The molecule has 2 heterocycles. The van der Waals surface area contributed by atoms with E-state index in [9.17, 15) is 14.0 Å². The van der Waals surface area contributed by atoms with Gasteiger partial charge in [0.15, 0.2) is 0 Å². The van der Waals surface area contributed by atoms with Crippen LogP contribution in [0.4, 0.5) is 14.9 Å². The summed E-state index contributed by atoms with van der Waals surface area (Å²) in [4.78, 5) is 33.2. The van der Waals surface area contributed by atoms with E-state index < -0.39 is 0 Å². The fourth-order valence-electron chi connectivity index (χ4n) is 4.11. The van der Waals surface area contributed by atoms with Crippen LogP contribution in [0.2, 0.25) is 0 Å². The van der Waals surface area contributed by atoms with Crippen molar-refractivity contribution in [3.63, 3.8) is 0 Å². The van der Waals surface area contributed by atoms with E-state index >= 15 is 0 Å². The number of carbonyl (C=O) groups is 2. The van der Waals surface area contributed by atoms with Crippen molar-refractivity contribution < 1.29 is 14.0 Å².